The summed E-state index contributed by atoms with van der Waals surface area (Å²) in [5.74, 6) is 0. The van der Waals surface area contributed by atoms with E-state index in [0.29, 0.717) is 40.3 Å². The molecule has 0 unspecified atom stereocenters. The fourth-order valence-corrected chi connectivity index (χ4v) is 202. The van der Waals surface area contributed by atoms with Gasteiger partial charge >= 0.3 is 0 Å². The van der Waals surface area contributed by atoms with Gasteiger partial charge in [-0.3, -0.25) is 7.35 Å². The van der Waals surface area contributed by atoms with Crippen LogP contribution in [-0.4, -0.2) is 45.1 Å². The average molecular weight is 686 g/mol. The summed E-state index contributed by atoms with van der Waals surface area (Å²) < 4.78 is 0. The van der Waals surface area contributed by atoms with E-state index in [1.54, 1.807) is 0 Å². The second-order valence-electron chi connectivity index (χ2n) is 23.2. The van der Waals surface area contributed by atoms with Gasteiger partial charge in [0.1, 0.15) is 0 Å². The molecule has 0 aliphatic carbocycles. The zero-order chi connectivity index (χ0) is 35.2. The highest BCUT2D eigenvalue weighted by atomic mass is 30.1. The highest BCUT2D eigenvalue weighted by Crippen LogP contribution is 2.67. The van der Waals surface area contributed by atoms with Crippen molar-refractivity contribution >= 4 is 45.1 Å². The van der Waals surface area contributed by atoms with Crippen molar-refractivity contribution in [3.05, 3.63) is 0 Å². The maximum absolute atomic E-state index is 3.01. The van der Waals surface area contributed by atoms with Gasteiger partial charge in [-0.05, 0) is 20.2 Å². The van der Waals surface area contributed by atoms with Gasteiger partial charge in [0.25, 0.3) is 0 Å². The van der Waals surface area contributed by atoms with Gasteiger partial charge < -0.3 is 0 Å². The van der Waals surface area contributed by atoms with Gasteiger partial charge in [0.2, 0.25) is 0 Å². The third kappa shape index (κ3) is 6.54. The van der Waals surface area contributed by atoms with Crippen molar-refractivity contribution in [3.8, 4) is 0 Å². The minimum atomic E-state index is -1.96. The zero-order valence-electron chi connectivity index (χ0n) is 35.0. The molecule has 0 spiro atoms. The number of hydrogen-bond acceptors (Lipinski definition) is 0. The first-order chi connectivity index (χ1) is 17.5. The molecule has 1 radical (unpaired) electrons. The Morgan fingerprint density at radius 3 is 0.524 bits per heavy atom. The Hall–Kier alpha value is 1.30. The molecule has 0 heterocycles. The highest BCUT2D eigenvalue weighted by molar-refractivity contribution is 7.99. The van der Waals surface area contributed by atoms with Crippen molar-refractivity contribution in [2.24, 2.45) is 0 Å². The maximum atomic E-state index is 3.01. The van der Waals surface area contributed by atoms with Crippen LogP contribution in [0.15, 0.2) is 0 Å². The van der Waals surface area contributed by atoms with Crippen molar-refractivity contribution in [3.63, 3.8) is 0 Å². The normalized spacial score (nSPS) is 17.0. The van der Waals surface area contributed by atoms with Gasteiger partial charge in [-0.1, -0.05) is 228 Å². The van der Waals surface area contributed by atoms with Crippen molar-refractivity contribution in [1.82, 2.24) is 0 Å². The summed E-state index contributed by atoms with van der Waals surface area (Å²) in [6.45, 7) is 77.2. The molecular weight excluding hydrogens is 601 g/mol. The SMILES string of the molecule is CC(C)(C)[Si](C)([Si]([Si-]([Si](C)(C(C)(C)C)C(C)(C)C)[Si](C)(C(C)(C)C)C(C)(C)C)[Si](C)(C(C)(C)C)C(C)(C)C)C(C)(C)C. The fraction of sp³-hybridized carbons (Fsp3) is 1.00. The molecular formula is C36H84Si6-. The smallest absolute Gasteiger partial charge is 0.0153 e. The Bertz CT molecular complexity index is 711. The lowest BCUT2D eigenvalue weighted by atomic mass is 10.2. The molecule has 0 aromatic carbocycles. The minimum Gasteiger partial charge on any atom is -0.257 e. The molecule has 0 aromatic heterocycles. The average Bonchev–Trinajstić information content (AvgIpc) is 2.62. The molecule has 6 heteroatoms. The quantitative estimate of drug-likeness (QED) is 0.253. The third-order valence-corrected chi connectivity index (χ3v) is 128. The Labute approximate surface area is 276 Å². The summed E-state index contributed by atoms with van der Waals surface area (Å²) in [6, 6.07) is 0. The van der Waals surface area contributed by atoms with Gasteiger partial charge in [-0.2, -0.15) is 0 Å². The number of hydrogen-bond donors (Lipinski definition) is 0. The van der Waals surface area contributed by atoms with Crippen molar-refractivity contribution in [2.75, 3.05) is 0 Å². The van der Waals surface area contributed by atoms with E-state index in [1.165, 1.54) is 0 Å². The van der Waals surface area contributed by atoms with Gasteiger partial charge in [0.05, 0.1) is 0 Å². The summed E-state index contributed by atoms with van der Waals surface area (Å²) in [5, 5.41) is 2.86. The predicted molar refractivity (Wildman–Crippen MR) is 216 cm³/mol. The largest absolute Gasteiger partial charge is 0.257 e. The minimum absolute atomic E-state index is 0.358. The van der Waals surface area contributed by atoms with Crippen LogP contribution in [0.5, 0.6) is 0 Å². The van der Waals surface area contributed by atoms with Crippen molar-refractivity contribution in [1.29, 1.82) is 0 Å². The Balaban J connectivity index is 9.68. The van der Waals surface area contributed by atoms with Crippen molar-refractivity contribution in [2.45, 2.75) is 233 Å². The Kier molecular flexibility index (Phi) is 11.8. The molecule has 0 amide bonds. The lowest BCUT2D eigenvalue weighted by molar-refractivity contribution is 0.621. The van der Waals surface area contributed by atoms with E-state index in [9.17, 15) is 0 Å². The molecule has 0 nitrogen and oxygen atoms in total. The van der Waals surface area contributed by atoms with Crippen LogP contribution in [-0.2, 0) is 0 Å². The lowest BCUT2D eigenvalue weighted by Crippen LogP contribution is -2.92. The molecule has 253 valence electrons. The van der Waals surface area contributed by atoms with Gasteiger partial charge in [-0.15, -0.1) is 7.35 Å². The first-order valence-corrected chi connectivity index (χ1v) is 35.2. The van der Waals surface area contributed by atoms with E-state index < -0.39 is 45.1 Å². The van der Waals surface area contributed by atoms with Gasteiger partial charge in [-0.25, -0.2) is 0 Å². The summed E-state index contributed by atoms with van der Waals surface area (Å²) >= 11 is 0. The third-order valence-electron chi connectivity index (χ3n) is 14.2. The molecule has 0 rings (SSSR count). The summed E-state index contributed by atoms with van der Waals surface area (Å²) in [6.07, 6.45) is 0. The fourth-order valence-electron chi connectivity index (χ4n) is 9.50. The van der Waals surface area contributed by atoms with E-state index >= 15 is 0 Å². The molecule has 42 heavy (non-hydrogen) atoms. The molecule has 0 aliphatic heterocycles. The summed E-state index contributed by atoms with van der Waals surface area (Å²) in [7, 11) is -9.48. The molecule has 0 fully saturated rings. The standard InChI is InChI=1S/C36H84Si6/c1-29(2,3)39(25,30(4,5)6)37(40(26,31(7,8)9)32(10,11)12)38(41(27,33(13,14)15)34(16,17)18)42(28,35(19,20)21)36(22,23)24/h1-28H3/q-1. The molecule has 0 bridgehead atoms. The number of rotatable bonds is 5. The van der Waals surface area contributed by atoms with Crippen LogP contribution in [0.2, 0.25) is 66.5 Å². The Morgan fingerprint density at radius 2 is 0.429 bits per heavy atom. The van der Waals surface area contributed by atoms with Crippen LogP contribution < -0.4 is 0 Å². The van der Waals surface area contributed by atoms with E-state index in [2.05, 4.69) is 192 Å². The molecule has 0 saturated carbocycles. The van der Waals surface area contributed by atoms with Gasteiger partial charge in [0.15, 0.2) is 0 Å². The lowest BCUT2D eigenvalue weighted by Gasteiger charge is -2.83. The molecule has 0 saturated heterocycles. The van der Waals surface area contributed by atoms with E-state index in [0.717, 1.165) is 0 Å². The molecule has 0 N–H and O–H groups in total. The Morgan fingerprint density at radius 1 is 0.286 bits per heavy atom. The van der Waals surface area contributed by atoms with Crippen molar-refractivity contribution < 1.29 is 0 Å². The monoisotopic (exact) mass is 685 g/mol. The summed E-state index contributed by atoms with van der Waals surface area (Å²) in [5.41, 5.74) is 0. The first kappa shape index (κ1) is 43.3. The molecule has 0 atom stereocenters. The van der Waals surface area contributed by atoms with Crippen LogP contribution in [0, 0.1) is 0 Å². The van der Waals surface area contributed by atoms with Crippen LogP contribution in [0.4, 0.5) is 0 Å². The first-order valence-electron chi connectivity index (χ1n) is 17.2. The van der Waals surface area contributed by atoms with Gasteiger partial charge in [0, 0.05) is 15.2 Å². The second kappa shape index (κ2) is 11.5. The highest BCUT2D eigenvalue weighted by Gasteiger charge is 2.68. The van der Waals surface area contributed by atoms with Crippen LogP contribution >= 0.6 is 0 Å². The zero-order valence-corrected chi connectivity index (χ0v) is 41.0. The van der Waals surface area contributed by atoms with Crippen LogP contribution in [0.3, 0.4) is 0 Å². The van der Waals surface area contributed by atoms with E-state index in [1.807, 2.05) is 0 Å². The second-order valence-corrected chi connectivity index (χ2v) is 75.8. The maximum Gasteiger partial charge on any atom is 0.0153 e. The van der Waals surface area contributed by atoms with Crippen LogP contribution in [0.25, 0.3) is 0 Å². The molecule has 0 aromatic rings. The van der Waals surface area contributed by atoms with Crippen LogP contribution in [0.1, 0.15) is 166 Å². The van der Waals surface area contributed by atoms with E-state index in [-0.39, 0.29) is 0 Å². The predicted octanol–water partition coefficient (Wildman–Crippen LogP) is 14.1. The molecule has 0 aliphatic rings. The topological polar surface area (TPSA) is 0 Å². The van der Waals surface area contributed by atoms with E-state index in [4.69, 9.17) is 0 Å². The summed E-state index contributed by atoms with van der Waals surface area (Å²) in [4.78, 5) is 0.